The third-order valence-corrected chi connectivity index (χ3v) is 2.57. The Labute approximate surface area is 85.6 Å². The van der Waals surface area contributed by atoms with Crippen LogP contribution in [0.3, 0.4) is 0 Å². The van der Waals surface area contributed by atoms with Crippen LogP contribution in [0.15, 0.2) is 37.1 Å². The van der Waals surface area contributed by atoms with Gasteiger partial charge in [0.2, 0.25) is 0 Å². The molecule has 0 N–H and O–H groups in total. The lowest BCUT2D eigenvalue weighted by atomic mass is 9.91. The summed E-state index contributed by atoms with van der Waals surface area (Å²) in [5.41, 5.74) is 0.674. The van der Waals surface area contributed by atoms with Gasteiger partial charge < -0.3 is 4.74 Å². The topological polar surface area (TPSA) is 22.1 Å². The van der Waals surface area contributed by atoms with Gasteiger partial charge in [0.05, 0.1) is 5.69 Å². The second kappa shape index (κ2) is 4.91. The number of pyridine rings is 1. The summed E-state index contributed by atoms with van der Waals surface area (Å²) >= 11 is 0. The molecule has 0 bridgehead atoms. The SMILES string of the molecule is C=CCC(CC)(OC)c1ccccn1. The van der Waals surface area contributed by atoms with E-state index in [2.05, 4.69) is 18.5 Å². The van der Waals surface area contributed by atoms with Gasteiger partial charge >= 0.3 is 0 Å². The Morgan fingerprint density at radius 3 is 2.79 bits per heavy atom. The van der Waals surface area contributed by atoms with E-state index in [1.54, 1.807) is 13.3 Å². The highest BCUT2D eigenvalue weighted by Crippen LogP contribution is 2.30. The van der Waals surface area contributed by atoms with Gasteiger partial charge in [0.15, 0.2) is 0 Å². The molecule has 2 nitrogen and oxygen atoms in total. The van der Waals surface area contributed by atoms with Crippen molar-refractivity contribution in [1.29, 1.82) is 0 Å². The van der Waals surface area contributed by atoms with Crippen molar-refractivity contribution >= 4 is 0 Å². The Morgan fingerprint density at radius 2 is 2.36 bits per heavy atom. The number of hydrogen-bond donors (Lipinski definition) is 0. The van der Waals surface area contributed by atoms with E-state index in [9.17, 15) is 0 Å². The molecule has 0 aromatic carbocycles. The molecule has 1 rings (SSSR count). The van der Waals surface area contributed by atoms with E-state index in [1.807, 2.05) is 24.3 Å². The molecule has 1 aromatic heterocycles. The Hall–Kier alpha value is -1.15. The van der Waals surface area contributed by atoms with E-state index in [4.69, 9.17) is 4.74 Å². The molecule has 0 spiro atoms. The summed E-state index contributed by atoms with van der Waals surface area (Å²) in [6.07, 6.45) is 5.35. The van der Waals surface area contributed by atoms with Crippen molar-refractivity contribution in [3.63, 3.8) is 0 Å². The zero-order valence-corrected chi connectivity index (χ0v) is 8.86. The van der Waals surface area contributed by atoms with Gasteiger partial charge in [-0.3, -0.25) is 4.98 Å². The molecule has 1 atom stereocenters. The van der Waals surface area contributed by atoms with Crippen molar-refractivity contribution in [1.82, 2.24) is 4.98 Å². The fourth-order valence-electron chi connectivity index (χ4n) is 1.63. The van der Waals surface area contributed by atoms with Crippen LogP contribution in [-0.2, 0) is 10.3 Å². The molecule has 0 saturated heterocycles. The van der Waals surface area contributed by atoms with Crippen molar-refractivity contribution in [3.05, 3.63) is 42.7 Å². The standard InChI is InChI=1S/C12H17NO/c1-4-9-12(5-2,14-3)11-8-6-7-10-13-11/h4,6-8,10H,1,5,9H2,2-3H3. The van der Waals surface area contributed by atoms with Gasteiger partial charge in [-0.05, 0) is 25.0 Å². The minimum Gasteiger partial charge on any atom is -0.372 e. The third kappa shape index (κ3) is 2.02. The fourth-order valence-corrected chi connectivity index (χ4v) is 1.63. The predicted molar refractivity (Wildman–Crippen MR) is 58.0 cm³/mol. The van der Waals surface area contributed by atoms with E-state index in [0.29, 0.717) is 0 Å². The first-order valence-corrected chi connectivity index (χ1v) is 4.86. The Bertz CT molecular complexity index is 278. The van der Waals surface area contributed by atoms with Crippen LogP contribution in [0.2, 0.25) is 0 Å². The van der Waals surface area contributed by atoms with Crippen LogP contribution in [0.5, 0.6) is 0 Å². The van der Waals surface area contributed by atoms with Gasteiger partial charge in [-0.1, -0.05) is 19.1 Å². The Kier molecular flexibility index (Phi) is 3.84. The lowest BCUT2D eigenvalue weighted by Gasteiger charge is -2.29. The molecule has 0 amide bonds. The predicted octanol–water partition coefficient (Wildman–Crippen LogP) is 2.91. The lowest BCUT2D eigenvalue weighted by Crippen LogP contribution is -2.28. The van der Waals surface area contributed by atoms with E-state index < -0.39 is 0 Å². The maximum Gasteiger partial charge on any atom is 0.113 e. The van der Waals surface area contributed by atoms with Crippen LogP contribution < -0.4 is 0 Å². The van der Waals surface area contributed by atoms with Gasteiger partial charge in [0.1, 0.15) is 5.60 Å². The highest BCUT2D eigenvalue weighted by Gasteiger charge is 2.29. The first-order valence-electron chi connectivity index (χ1n) is 4.86. The number of aromatic nitrogens is 1. The highest BCUT2D eigenvalue weighted by molar-refractivity contribution is 5.14. The summed E-state index contributed by atoms with van der Waals surface area (Å²) in [4.78, 5) is 4.34. The number of methoxy groups -OCH3 is 1. The summed E-state index contributed by atoms with van der Waals surface area (Å²) in [5.74, 6) is 0. The monoisotopic (exact) mass is 191 g/mol. The largest absolute Gasteiger partial charge is 0.372 e. The summed E-state index contributed by atoms with van der Waals surface area (Å²) in [6.45, 7) is 5.86. The van der Waals surface area contributed by atoms with Crippen LogP contribution in [0.25, 0.3) is 0 Å². The molecule has 0 fully saturated rings. The van der Waals surface area contributed by atoms with Crippen molar-refractivity contribution in [2.45, 2.75) is 25.4 Å². The van der Waals surface area contributed by atoms with Gasteiger partial charge in [-0.25, -0.2) is 0 Å². The van der Waals surface area contributed by atoms with Crippen LogP contribution in [-0.4, -0.2) is 12.1 Å². The quantitative estimate of drug-likeness (QED) is 0.668. The van der Waals surface area contributed by atoms with Gasteiger partial charge in [-0.2, -0.15) is 0 Å². The molecule has 0 saturated carbocycles. The van der Waals surface area contributed by atoms with Crippen LogP contribution in [0, 0.1) is 0 Å². The van der Waals surface area contributed by atoms with E-state index >= 15 is 0 Å². The fraction of sp³-hybridized carbons (Fsp3) is 0.417. The number of rotatable bonds is 5. The van der Waals surface area contributed by atoms with Crippen LogP contribution in [0.1, 0.15) is 25.5 Å². The number of nitrogens with zero attached hydrogens (tertiary/aromatic N) is 1. The Morgan fingerprint density at radius 1 is 1.57 bits per heavy atom. The molecule has 2 heteroatoms. The smallest absolute Gasteiger partial charge is 0.113 e. The van der Waals surface area contributed by atoms with E-state index in [0.717, 1.165) is 18.5 Å². The maximum atomic E-state index is 5.58. The molecule has 14 heavy (non-hydrogen) atoms. The second-order valence-electron chi connectivity index (χ2n) is 3.26. The minimum atomic E-state index is -0.303. The van der Waals surface area contributed by atoms with Crippen LogP contribution in [0.4, 0.5) is 0 Å². The lowest BCUT2D eigenvalue weighted by molar-refractivity contribution is -0.0194. The van der Waals surface area contributed by atoms with Crippen LogP contribution >= 0.6 is 0 Å². The normalized spacial score (nSPS) is 14.7. The molecule has 1 aromatic rings. The van der Waals surface area contributed by atoms with Gasteiger partial charge in [0, 0.05) is 13.3 Å². The molecule has 0 aliphatic carbocycles. The molecule has 0 radical (unpaired) electrons. The van der Waals surface area contributed by atoms with Gasteiger partial charge in [-0.15, -0.1) is 6.58 Å². The zero-order chi connectivity index (χ0) is 10.4. The minimum absolute atomic E-state index is 0.303. The first kappa shape index (κ1) is 10.9. The molecule has 0 aliphatic heterocycles. The molecular formula is C12H17NO. The molecule has 0 aliphatic rings. The van der Waals surface area contributed by atoms with E-state index in [1.165, 1.54) is 0 Å². The highest BCUT2D eigenvalue weighted by atomic mass is 16.5. The first-order chi connectivity index (χ1) is 6.79. The zero-order valence-electron chi connectivity index (χ0n) is 8.86. The van der Waals surface area contributed by atoms with Gasteiger partial charge in [0.25, 0.3) is 0 Å². The summed E-state index contributed by atoms with van der Waals surface area (Å²) in [5, 5.41) is 0. The van der Waals surface area contributed by atoms with Crippen molar-refractivity contribution in [2.24, 2.45) is 0 Å². The summed E-state index contributed by atoms with van der Waals surface area (Å²) in [6, 6.07) is 5.89. The van der Waals surface area contributed by atoms with Crippen molar-refractivity contribution < 1.29 is 4.74 Å². The molecular weight excluding hydrogens is 174 g/mol. The number of hydrogen-bond acceptors (Lipinski definition) is 2. The maximum absolute atomic E-state index is 5.58. The average molecular weight is 191 g/mol. The average Bonchev–Trinajstić information content (AvgIpc) is 2.27. The molecule has 76 valence electrons. The van der Waals surface area contributed by atoms with E-state index in [-0.39, 0.29) is 5.60 Å². The Balaban J connectivity index is 3.03. The van der Waals surface area contributed by atoms with Crippen molar-refractivity contribution in [3.8, 4) is 0 Å². The third-order valence-electron chi connectivity index (χ3n) is 2.57. The summed E-state index contributed by atoms with van der Waals surface area (Å²) < 4.78 is 5.58. The number of ether oxygens (including phenoxy) is 1. The molecule has 1 unspecified atom stereocenters. The molecule has 1 heterocycles. The van der Waals surface area contributed by atoms with Crippen molar-refractivity contribution in [2.75, 3.05) is 7.11 Å². The second-order valence-corrected chi connectivity index (χ2v) is 3.26. The summed E-state index contributed by atoms with van der Waals surface area (Å²) in [7, 11) is 1.72.